The van der Waals surface area contributed by atoms with E-state index in [0.717, 1.165) is 13.0 Å². The van der Waals surface area contributed by atoms with Crippen molar-refractivity contribution in [1.82, 2.24) is 0 Å². The molecule has 62 valence electrons. The van der Waals surface area contributed by atoms with Crippen LogP contribution in [0.5, 0.6) is 0 Å². The molecule has 2 nitrogen and oxygen atoms in total. The lowest BCUT2D eigenvalue weighted by atomic mass is 10.2. The Morgan fingerprint density at radius 2 is 1.90 bits per heavy atom. The molecule has 0 aromatic carbocycles. The van der Waals surface area contributed by atoms with E-state index in [0.29, 0.717) is 0 Å². The monoisotopic (exact) mass is 146 g/mol. The summed E-state index contributed by atoms with van der Waals surface area (Å²) in [6.07, 6.45) is 1.48. The standard InChI is InChI=1S/C8H18O2/c1-5-8(9-4)7(3)10-6-2/h7-8H,5-6H2,1-4H3. The first-order chi connectivity index (χ1) is 4.76. The molecule has 0 saturated heterocycles. The summed E-state index contributed by atoms with van der Waals surface area (Å²) in [4.78, 5) is 0. The van der Waals surface area contributed by atoms with Crippen LogP contribution < -0.4 is 0 Å². The summed E-state index contributed by atoms with van der Waals surface area (Å²) in [5.41, 5.74) is 0. The van der Waals surface area contributed by atoms with E-state index in [1.54, 1.807) is 7.11 Å². The quantitative estimate of drug-likeness (QED) is 0.589. The van der Waals surface area contributed by atoms with Gasteiger partial charge >= 0.3 is 0 Å². The van der Waals surface area contributed by atoms with E-state index in [4.69, 9.17) is 9.47 Å². The van der Waals surface area contributed by atoms with E-state index in [9.17, 15) is 0 Å². The topological polar surface area (TPSA) is 18.5 Å². The van der Waals surface area contributed by atoms with E-state index in [2.05, 4.69) is 6.92 Å². The highest BCUT2D eigenvalue weighted by Crippen LogP contribution is 2.05. The normalized spacial score (nSPS) is 16.8. The Kier molecular flexibility index (Phi) is 5.64. The highest BCUT2D eigenvalue weighted by atomic mass is 16.5. The number of hydrogen-bond acceptors (Lipinski definition) is 2. The molecule has 10 heavy (non-hydrogen) atoms. The smallest absolute Gasteiger partial charge is 0.0827 e. The Morgan fingerprint density at radius 1 is 1.30 bits per heavy atom. The Balaban J connectivity index is 3.53. The van der Waals surface area contributed by atoms with Gasteiger partial charge in [0, 0.05) is 13.7 Å². The number of hydrogen-bond donors (Lipinski definition) is 0. The molecule has 2 atom stereocenters. The average Bonchev–Trinajstić information content (AvgIpc) is 1.91. The van der Waals surface area contributed by atoms with Gasteiger partial charge in [0.05, 0.1) is 12.2 Å². The number of ether oxygens (including phenoxy) is 2. The Hall–Kier alpha value is -0.0800. The minimum Gasteiger partial charge on any atom is -0.379 e. The Bertz CT molecular complexity index is 69.7. The van der Waals surface area contributed by atoms with Gasteiger partial charge in [-0.3, -0.25) is 0 Å². The zero-order valence-corrected chi connectivity index (χ0v) is 7.39. The van der Waals surface area contributed by atoms with Crippen LogP contribution >= 0.6 is 0 Å². The molecule has 0 N–H and O–H groups in total. The van der Waals surface area contributed by atoms with Crippen LogP contribution in [0, 0.1) is 0 Å². The predicted octanol–water partition coefficient (Wildman–Crippen LogP) is 1.84. The molecule has 0 saturated carbocycles. The highest BCUT2D eigenvalue weighted by molar-refractivity contribution is 4.62. The fourth-order valence-corrected chi connectivity index (χ4v) is 1.06. The van der Waals surface area contributed by atoms with Crippen LogP contribution in [0.1, 0.15) is 27.2 Å². The minimum atomic E-state index is 0.222. The molecule has 0 heterocycles. The fraction of sp³-hybridized carbons (Fsp3) is 1.00. The second-order valence-electron chi connectivity index (χ2n) is 2.34. The first kappa shape index (κ1) is 9.92. The Labute approximate surface area is 63.5 Å². The van der Waals surface area contributed by atoms with Crippen LogP contribution in [0.2, 0.25) is 0 Å². The van der Waals surface area contributed by atoms with Gasteiger partial charge < -0.3 is 9.47 Å². The molecule has 0 aromatic rings. The Morgan fingerprint density at radius 3 is 2.20 bits per heavy atom. The summed E-state index contributed by atoms with van der Waals surface area (Å²) >= 11 is 0. The first-order valence-corrected chi connectivity index (χ1v) is 3.90. The third kappa shape index (κ3) is 3.18. The molecule has 0 spiro atoms. The summed E-state index contributed by atoms with van der Waals surface area (Å²) < 4.78 is 10.5. The molecular weight excluding hydrogens is 128 g/mol. The molecule has 0 radical (unpaired) electrons. The van der Waals surface area contributed by atoms with Crippen molar-refractivity contribution < 1.29 is 9.47 Å². The van der Waals surface area contributed by atoms with Gasteiger partial charge in [-0.05, 0) is 20.3 Å². The molecular formula is C8H18O2. The van der Waals surface area contributed by atoms with E-state index in [-0.39, 0.29) is 12.2 Å². The van der Waals surface area contributed by atoms with Crippen molar-refractivity contribution in [3.05, 3.63) is 0 Å². The molecule has 2 heteroatoms. The summed E-state index contributed by atoms with van der Waals surface area (Å²) in [6.45, 7) is 6.91. The van der Waals surface area contributed by atoms with Crippen molar-refractivity contribution in [3.8, 4) is 0 Å². The predicted molar refractivity (Wildman–Crippen MR) is 42.2 cm³/mol. The van der Waals surface area contributed by atoms with Gasteiger partial charge in [0.2, 0.25) is 0 Å². The molecule has 0 aromatic heterocycles. The molecule has 0 bridgehead atoms. The maximum atomic E-state index is 5.36. The van der Waals surface area contributed by atoms with Gasteiger partial charge in [-0.1, -0.05) is 6.92 Å². The van der Waals surface area contributed by atoms with Gasteiger partial charge in [-0.25, -0.2) is 0 Å². The van der Waals surface area contributed by atoms with E-state index < -0.39 is 0 Å². The molecule has 0 fully saturated rings. The molecule has 0 aliphatic carbocycles. The molecule has 0 rings (SSSR count). The van der Waals surface area contributed by atoms with Gasteiger partial charge in [0.15, 0.2) is 0 Å². The molecule has 2 unspecified atom stereocenters. The van der Waals surface area contributed by atoms with Crippen LogP contribution in [0.25, 0.3) is 0 Å². The lowest BCUT2D eigenvalue weighted by Crippen LogP contribution is -2.27. The van der Waals surface area contributed by atoms with Gasteiger partial charge in [-0.15, -0.1) is 0 Å². The lowest BCUT2D eigenvalue weighted by molar-refractivity contribution is -0.0440. The summed E-state index contributed by atoms with van der Waals surface area (Å²) in [5.74, 6) is 0. The maximum Gasteiger partial charge on any atom is 0.0827 e. The summed E-state index contributed by atoms with van der Waals surface area (Å²) in [7, 11) is 1.73. The van der Waals surface area contributed by atoms with Crippen LogP contribution in [0.3, 0.4) is 0 Å². The van der Waals surface area contributed by atoms with E-state index in [1.807, 2.05) is 13.8 Å². The van der Waals surface area contributed by atoms with E-state index >= 15 is 0 Å². The summed E-state index contributed by atoms with van der Waals surface area (Å²) in [5, 5.41) is 0. The van der Waals surface area contributed by atoms with Crippen molar-refractivity contribution >= 4 is 0 Å². The van der Waals surface area contributed by atoms with Crippen molar-refractivity contribution in [2.45, 2.75) is 39.4 Å². The van der Waals surface area contributed by atoms with Crippen LogP contribution in [-0.2, 0) is 9.47 Å². The largest absolute Gasteiger partial charge is 0.379 e. The van der Waals surface area contributed by atoms with Crippen LogP contribution in [0.4, 0.5) is 0 Å². The second-order valence-corrected chi connectivity index (χ2v) is 2.34. The SMILES string of the molecule is CCOC(C)C(CC)OC. The highest BCUT2D eigenvalue weighted by Gasteiger charge is 2.13. The van der Waals surface area contributed by atoms with Crippen molar-refractivity contribution in [3.63, 3.8) is 0 Å². The van der Waals surface area contributed by atoms with Crippen LogP contribution in [0.15, 0.2) is 0 Å². The average molecular weight is 146 g/mol. The van der Waals surface area contributed by atoms with E-state index in [1.165, 1.54) is 0 Å². The third-order valence-electron chi connectivity index (χ3n) is 1.66. The number of methoxy groups -OCH3 is 1. The van der Waals surface area contributed by atoms with Gasteiger partial charge in [0.1, 0.15) is 0 Å². The third-order valence-corrected chi connectivity index (χ3v) is 1.66. The zero-order valence-electron chi connectivity index (χ0n) is 7.39. The second kappa shape index (κ2) is 5.69. The van der Waals surface area contributed by atoms with Crippen molar-refractivity contribution in [2.75, 3.05) is 13.7 Å². The van der Waals surface area contributed by atoms with Crippen LogP contribution in [-0.4, -0.2) is 25.9 Å². The zero-order chi connectivity index (χ0) is 7.98. The minimum absolute atomic E-state index is 0.222. The van der Waals surface area contributed by atoms with Gasteiger partial charge in [0.25, 0.3) is 0 Å². The molecule has 0 amide bonds. The summed E-state index contributed by atoms with van der Waals surface area (Å²) in [6, 6.07) is 0. The maximum absolute atomic E-state index is 5.36. The first-order valence-electron chi connectivity index (χ1n) is 3.90. The van der Waals surface area contributed by atoms with Crippen molar-refractivity contribution in [2.24, 2.45) is 0 Å². The fourth-order valence-electron chi connectivity index (χ4n) is 1.06. The lowest BCUT2D eigenvalue weighted by Gasteiger charge is -2.20. The van der Waals surface area contributed by atoms with Gasteiger partial charge in [-0.2, -0.15) is 0 Å². The molecule has 0 aliphatic heterocycles. The molecule has 0 aliphatic rings. The van der Waals surface area contributed by atoms with Crippen molar-refractivity contribution in [1.29, 1.82) is 0 Å². The number of rotatable bonds is 5.